The fraction of sp³-hybridized carbons (Fsp3) is 0.0556. The Bertz CT molecular complexity index is 930. The highest BCUT2D eigenvalue weighted by atomic mass is 32.2. The number of hydrogen-bond donors (Lipinski definition) is 3. The lowest BCUT2D eigenvalue weighted by Gasteiger charge is -2.17. The van der Waals surface area contributed by atoms with E-state index in [1.165, 1.54) is 23.9 Å². The summed E-state index contributed by atoms with van der Waals surface area (Å²) in [7, 11) is 0. The number of carbonyl (C=O) groups is 3. The van der Waals surface area contributed by atoms with E-state index in [2.05, 4.69) is 22.5 Å². The fourth-order valence-corrected chi connectivity index (χ4v) is 3.15. The molecule has 26 heavy (non-hydrogen) atoms. The van der Waals surface area contributed by atoms with Gasteiger partial charge in [-0.05, 0) is 42.5 Å². The van der Waals surface area contributed by atoms with E-state index in [-0.39, 0.29) is 11.6 Å². The first-order valence-corrected chi connectivity index (χ1v) is 8.56. The van der Waals surface area contributed by atoms with E-state index in [9.17, 15) is 18.8 Å². The standard InChI is InChI=1S/C18H14FN3O3S/c1-2-16(23)22-14-8-11(4-5-12(14)19)20-18(25)10-3-6-13-15(7-10)26-9-17(24)21-13/h2-8H,1,9H2,(H,20,25)(H,21,24)(H,22,23). The zero-order valence-electron chi connectivity index (χ0n) is 13.5. The van der Waals surface area contributed by atoms with Crippen molar-refractivity contribution in [1.82, 2.24) is 0 Å². The fourth-order valence-electron chi connectivity index (χ4n) is 2.30. The Morgan fingerprint density at radius 1 is 1.19 bits per heavy atom. The molecule has 3 N–H and O–H groups in total. The zero-order chi connectivity index (χ0) is 18.7. The van der Waals surface area contributed by atoms with Gasteiger partial charge >= 0.3 is 0 Å². The van der Waals surface area contributed by atoms with E-state index in [0.29, 0.717) is 22.7 Å². The number of halogens is 1. The van der Waals surface area contributed by atoms with E-state index >= 15 is 0 Å². The Balaban J connectivity index is 1.78. The van der Waals surface area contributed by atoms with E-state index in [0.717, 1.165) is 17.0 Å². The van der Waals surface area contributed by atoms with Gasteiger partial charge < -0.3 is 16.0 Å². The van der Waals surface area contributed by atoms with Gasteiger partial charge in [0.25, 0.3) is 5.91 Å². The summed E-state index contributed by atoms with van der Waals surface area (Å²) in [4.78, 5) is 35.9. The van der Waals surface area contributed by atoms with Crippen molar-refractivity contribution in [2.75, 3.05) is 21.7 Å². The van der Waals surface area contributed by atoms with E-state index < -0.39 is 17.6 Å². The van der Waals surface area contributed by atoms with Crippen LogP contribution in [0.4, 0.5) is 21.5 Å². The summed E-state index contributed by atoms with van der Waals surface area (Å²) in [5.74, 6) is -1.36. The first-order valence-electron chi connectivity index (χ1n) is 7.57. The number of thioether (sulfide) groups is 1. The van der Waals surface area contributed by atoms with Crippen LogP contribution in [-0.2, 0) is 9.59 Å². The van der Waals surface area contributed by atoms with Crippen molar-refractivity contribution in [3.8, 4) is 0 Å². The number of anilines is 3. The average Bonchev–Trinajstić information content (AvgIpc) is 2.63. The van der Waals surface area contributed by atoms with Crippen molar-refractivity contribution in [2.45, 2.75) is 4.90 Å². The van der Waals surface area contributed by atoms with Gasteiger partial charge in [-0.1, -0.05) is 6.58 Å². The maximum absolute atomic E-state index is 13.7. The molecule has 2 aromatic carbocycles. The molecule has 8 heteroatoms. The van der Waals surface area contributed by atoms with Crippen LogP contribution in [-0.4, -0.2) is 23.5 Å². The molecule has 1 aliphatic heterocycles. The number of carbonyl (C=O) groups excluding carboxylic acids is 3. The number of fused-ring (bicyclic) bond motifs is 1. The minimum absolute atomic E-state index is 0.0589. The van der Waals surface area contributed by atoms with Crippen molar-refractivity contribution in [1.29, 1.82) is 0 Å². The molecular weight excluding hydrogens is 357 g/mol. The highest BCUT2D eigenvalue weighted by molar-refractivity contribution is 8.00. The predicted octanol–water partition coefficient (Wildman–Crippen LogP) is 3.25. The van der Waals surface area contributed by atoms with Gasteiger partial charge in [-0.15, -0.1) is 11.8 Å². The van der Waals surface area contributed by atoms with Crippen LogP contribution in [0.1, 0.15) is 10.4 Å². The molecule has 0 radical (unpaired) electrons. The number of hydrogen-bond acceptors (Lipinski definition) is 4. The molecule has 2 aromatic rings. The first-order chi connectivity index (χ1) is 12.5. The zero-order valence-corrected chi connectivity index (χ0v) is 14.3. The van der Waals surface area contributed by atoms with Crippen LogP contribution < -0.4 is 16.0 Å². The quantitative estimate of drug-likeness (QED) is 0.720. The Morgan fingerprint density at radius 2 is 2.00 bits per heavy atom. The molecule has 0 spiro atoms. The third-order valence-corrected chi connectivity index (χ3v) is 4.60. The normalized spacial score (nSPS) is 12.6. The van der Waals surface area contributed by atoms with Crippen molar-refractivity contribution in [3.63, 3.8) is 0 Å². The Morgan fingerprint density at radius 3 is 2.77 bits per heavy atom. The molecule has 6 nitrogen and oxygen atoms in total. The number of nitrogens with one attached hydrogen (secondary N) is 3. The molecule has 3 amide bonds. The number of amides is 3. The van der Waals surface area contributed by atoms with Crippen LogP contribution in [0.15, 0.2) is 53.9 Å². The molecule has 1 heterocycles. The Kier molecular flexibility index (Phi) is 5.04. The molecule has 1 aliphatic rings. The summed E-state index contributed by atoms with van der Waals surface area (Å²) in [5, 5.41) is 7.72. The molecule has 0 aromatic heterocycles. The summed E-state index contributed by atoms with van der Waals surface area (Å²) in [6.45, 7) is 3.30. The lowest BCUT2D eigenvalue weighted by molar-refractivity contribution is -0.114. The average molecular weight is 371 g/mol. The van der Waals surface area contributed by atoms with Crippen molar-refractivity contribution >= 4 is 46.5 Å². The monoisotopic (exact) mass is 371 g/mol. The summed E-state index contributed by atoms with van der Waals surface area (Å²) in [6, 6.07) is 8.79. The third kappa shape index (κ3) is 3.92. The topological polar surface area (TPSA) is 87.3 Å². The van der Waals surface area contributed by atoms with Crippen LogP contribution in [0, 0.1) is 5.82 Å². The van der Waals surface area contributed by atoms with Gasteiger partial charge in [-0.25, -0.2) is 4.39 Å². The van der Waals surface area contributed by atoms with Crippen molar-refractivity contribution in [2.24, 2.45) is 0 Å². The van der Waals surface area contributed by atoms with Gasteiger partial charge in [-0.3, -0.25) is 14.4 Å². The van der Waals surface area contributed by atoms with E-state index in [1.54, 1.807) is 18.2 Å². The Hall–Kier alpha value is -3.13. The third-order valence-electron chi connectivity index (χ3n) is 3.54. The van der Waals surface area contributed by atoms with Crippen molar-refractivity contribution < 1.29 is 18.8 Å². The minimum atomic E-state index is -0.626. The van der Waals surface area contributed by atoms with Crippen LogP contribution in [0.3, 0.4) is 0 Å². The molecule has 132 valence electrons. The van der Waals surface area contributed by atoms with Gasteiger partial charge in [0.15, 0.2) is 0 Å². The van der Waals surface area contributed by atoms with Gasteiger partial charge in [0.1, 0.15) is 5.82 Å². The minimum Gasteiger partial charge on any atom is -0.324 e. The summed E-state index contributed by atoms with van der Waals surface area (Å²) < 4.78 is 13.7. The van der Waals surface area contributed by atoms with Gasteiger partial charge in [0.2, 0.25) is 11.8 Å². The van der Waals surface area contributed by atoms with Crippen LogP contribution in [0.2, 0.25) is 0 Å². The second kappa shape index (κ2) is 7.40. The number of rotatable bonds is 4. The van der Waals surface area contributed by atoms with Crippen LogP contribution >= 0.6 is 11.8 Å². The highest BCUT2D eigenvalue weighted by Gasteiger charge is 2.17. The highest BCUT2D eigenvalue weighted by Crippen LogP contribution is 2.32. The Labute approximate surface area is 152 Å². The molecule has 0 atom stereocenters. The largest absolute Gasteiger partial charge is 0.324 e. The van der Waals surface area contributed by atoms with Crippen LogP contribution in [0.5, 0.6) is 0 Å². The molecular formula is C18H14FN3O3S. The maximum atomic E-state index is 13.7. The summed E-state index contributed by atoms with van der Waals surface area (Å²) >= 11 is 1.35. The second-order valence-electron chi connectivity index (χ2n) is 5.39. The lowest BCUT2D eigenvalue weighted by Crippen LogP contribution is -2.19. The number of benzene rings is 2. The smallest absolute Gasteiger partial charge is 0.255 e. The summed E-state index contributed by atoms with van der Waals surface area (Å²) in [5.41, 5.74) is 1.33. The first kappa shape index (κ1) is 17.7. The lowest BCUT2D eigenvalue weighted by atomic mass is 10.1. The van der Waals surface area contributed by atoms with Gasteiger partial charge in [0, 0.05) is 16.1 Å². The van der Waals surface area contributed by atoms with Gasteiger partial charge in [-0.2, -0.15) is 0 Å². The maximum Gasteiger partial charge on any atom is 0.255 e. The summed E-state index contributed by atoms with van der Waals surface area (Å²) in [6.07, 6.45) is 1.02. The molecule has 3 rings (SSSR count). The molecule has 0 fully saturated rings. The second-order valence-corrected chi connectivity index (χ2v) is 6.41. The molecule has 0 aliphatic carbocycles. The van der Waals surface area contributed by atoms with E-state index in [1.807, 2.05) is 0 Å². The van der Waals surface area contributed by atoms with Crippen LogP contribution in [0.25, 0.3) is 0 Å². The van der Waals surface area contributed by atoms with Crippen molar-refractivity contribution in [3.05, 3.63) is 60.4 Å². The SMILES string of the molecule is C=CC(=O)Nc1cc(NC(=O)c2ccc3c(c2)SCC(=O)N3)ccc1F. The molecule has 0 saturated heterocycles. The molecule has 0 bridgehead atoms. The van der Waals surface area contributed by atoms with Gasteiger partial charge in [0.05, 0.1) is 17.1 Å². The molecule has 0 saturated carbocycles. The predicted molar refractivity (Wildman–Crippen MR) is 99.0 cm³/mol. The molecule has 0 unspecified atom stereocenters. The van der Waals surface area contributed by atoms with E-state index in [4.69, 9.17) is 0 Å².